The average Bonchev–Trinajstić information content (AvgIpc) is 3.13. The molecule has 0 unspecified atom stereocenters. The zero-order valence-electron chi connectivity index (χ0n) is 14.9. The Balaban J connectivity index is 1.67. The molecule has 1 heterocycles. The number of benzene rings is 2. The molecule has 2 aromatic carbocycles. The Hall–Kier alpha value is -1.84. The molecule has 0 spiro atoms. The molecule has 3 nitrogen and oxygen atoms in total. The Morgan fingerprint density at radius 1 is 1.16 bits per heavy atom. The van der Waals surface area contributed by atoms with E-state index in [1.165, 1.54) is 31.5 Å². The minimum atomic E-state index is -0.0320. The van der Waals surface area contributed by atoms with Gasteiger partial charge in [-0.25, -0.2) is 0 Å². The van der Waals surface area contributed by atoms with Gasteiger partial charge in [0.15, 0.2) is 0 Å². The maximum atomic E-state index is 12.8. The summed E-state index contributed by atoms with van der Waals surface area (Å²) in [4.78, 5) is 17.0. The number of hydrogen-bond donors (Lipinski definition) is 0. The van der Waals surface area contributed by atoms with Gasteiger partial charge < -0.3 is 4.90 Å². The van der Waals surface area contributed by atoms with Gasteiger partial charge in [-0.2, -0.15) is 0 Å². The van der Waals surface area contributed by atoms with Crippen LogP contribution >= 0.6 is 11.6 Å². The molecule has 1 atom stereocenters. The zero-order chi connectivity index (χ0) is 17.8. The van der Waals surface area contributed by atoms with Crippen molar-refractivity contribution in [2.24, 2.45) is 0 Å². The number of rotatable bonds is 5. The molecule has 2 aromatic rings. The number of carbonyl (C=O) groups is 1. The Morgan fingerprint density at radius 2 is 1.84 bits per heavy atom. The molecule has 25 heavy (non-hydrogen) atoms. The van der Waals surface area contributed by atoms with Crippen LogP contribution in [0.25, 0.3) is 0 Å². The lowest BCUT2D eigenvalue weighted by molar-refractivity contribution is 0.0742. The van der Waals surface area contributed by atoms with Gasteiger partial charge >= 0.3 is 0 Å². The summed E-state index contributed by atoms with van der Waals surface area (Å²) < 4.78 is 0. The third-order valence-electron chi connectivity index (χ3n) is 5.04. The number of halogens is 1. The molecule has 132 valence electrons. The fourth-order valence-corrected chi connectivity index (χ4v) is 3.52. The fourth-order valence-electron chi connectivity index (χ4n) is 3.32. The molecule has 1 fully saturated rings. The van der Waals surface area contributed by atoms with Crippen LogP contribution in [0.3, 0.4) is 0 Å². The lowest BCUT2D eigenvalue weighted by Gasteiger charge is -2.25. The largest absolute Gasteiger partial charge is 0.335 e. The van der Waals surface area contributed by atoms with Gasteiger partial charge in [-0.3, -0.25) is 9.69 Å². The minimum absolute atomic E-state index is 0.0280. The zero-order valence-corrected chi connectivity index (χ0v) is 15.7. The van der Waals surface area contributed by atoms with Gasteiger partial charge in [-0.1, -0.05) is 35.9 Å². The number of amides is 1. The molecule has 1 aliphatic heterocycles. The lowest BCUT2D eigenvalue weighted by Crippen LogP contribution is -2.29. The van der Waals surface area contributed by atoms with Gasteiger partial charge in [0.05, 0.1) is 6.04 Å². The highest BCUT2D eigenvalue weighted by Gasteiger charge is 2.19. The number of nitrogens with zero attached hydrogens (tertiary/aromatic N) is 2. The lowest BCUT2D eigenvalue weighted by atomic mass is 10.1. The van der Waals surface area contributed by atoms with E-state index in [4.69, 9.17) is 11.6 Å². The SMILES string of the molecule is C[C@H](c1cccc(Cl)c1)N(C)C(=O)c1ccc(CN2CCCC2)cc1. The van der Waals surface area contributed by atoms with E-state index >= 15 is 0 Å². The van der Waals surface area contributed by atoms with Crippen molar-refractivity contribution in [3.05, 3.63) is 70.2 Å². The van der Waals surface area contributed by atoms with Gasteiger partial charge in [-0.05, 0) is 68.2 Å². The van der Waals surface area contributed by atoms with E-state index in [0.29, 0.717) is 5.02 Å². The second-order valence-corrected chi connectivity index (χ2v) is 7.26. The highest BCUT2D eigenvalue weighted by atomic mass is 35.5. The molecule has 1 amide bonds. The molecular formula is C21H25ClN2O. The van der Waals surface area contributed by atoms with E-state index in [1.54, 1.807) is 4.90 Å². The van der Waals surface area contributed by atoms with Crippen LogP contribution in [0, 0.1) is 0 Å². The first kappa shape index (κ1) is 18.0. The summed E-state index contributed by atoms with van der Waals surface area (Å²) >= 11 is 6.07. The van der Waals surface area contributed by atoms with Crippen molar-refractivity contribution in [2.45, 2.75) is 32.4 Å². The Bertz CT molecular complexity index is 723. The van der Waals surface area contributed by atoms with E-state index in [-0.39, 0.29) is 11.9 Å². The maximum absolute atomic E-state index is 12.8. The van der Waals surface area contributed by atoms with Crippen molar-refractivity contribution in [2.75, 3.05) is 20.1 Å². The minimum Gasteiger partial charge on any atom is -0.335 e. The van der Waals surface area contributed by atoms with Crippen molar-refractivity contribution in [3.8, 4) is 0 Å². The number of hydrogen-bond acceptors (Lipinski definition) is 2. The third-order valence-corrected chi connectivity index (χ3v) is 5.27. The van der Waals surface area contributed by atoms with Crippen molar-refractivity contribution >= 4 is 17.5 Å². The summed E-state index contributed by atoms with van der Waals surface area (Å²) in [5.74, 6) is 0.0280. The first-order valence-corrected chi connectivity index (χ1v) is 9.26. The van der Waals surface area contributed by atoms with Crippen LogP contribution in [0.1, 0.15) is 47.3 Å². The van der Waals surface area contributed by atoms with Crippen molar-refractivity contribution in [1.29, 1.82) is 0 Å². The molecule has 0 N–H and O–H groups in total. The molecule has 0 saturated carbocycles. The molecule has 4 heteroatoms. The predicted octanol–water partition coefficient (Wildman–Crippen LogP) is 4.77. The van der Waals surface area contributed by atoms with Crippen LogP contribution in [0.5, 0.6) is 0 Å². The quantitative estimate of drug-likeness (QED) is 0.770. The normalized spacial score (nSPS) is 16.0. The molecule has 1 saturated heterocycles. The fraction of sp³-hybridized carbons (Fsp3) is 0.381. The summed E-state index contributed by atoms with van der Waals surface area (Å²) in [5, 5.41) is 0.691. The van der Waals surface area contributed by atoms with Crippen LogP contribution in [-0.4, -0.2) is 35.8 Å². The van der Waals surface area contributed by atoms with Gasteiger partial charge in [0.1, 0.15) is 0 Å². The molecule has 0 radical (unpaired) electrons. The van der Waals surface area contributed by atoms with Gasteiger partial charge in [0, 0.05) is 24.2 Å². The number of likely N-dealkylation sites (tertiary alicyclic amines) is 1. The average molecular weight is 357 g/mol. The first-order chi connectivity index (χ1) is 12.0. The molecule has 3 rings (SSSR count). The Labute approximate surface area is 155 Å². The highest BCUT2D eigenvalue weighted by Crippen LogP contribution is 2.23. The summed E-state index contributed by atoms with van der Waals surface area (Å²) in [5.41, 5.74) is 3.03. The summed E-state index contributed by atoms with van der Waals surface area (Å²) in [6.45, 7) is 5.36. The van der Waals surface area contributed by atoms with Crippen molar-refractivity contribution < 1.29 is 4.79 Å². The monoisotopic (exact) mass is 356 g/mol. The third kappa shape index (κ3) is 4.42. The first-order valence-electron chi connectivity index (χ1n) is 8.88. The van der Waals surface area contributed by atoms with Crippen LogP contribution in [0.4, 0.5) is 0 Å². The summed E-state index contributed by atoms with van der Waals surface area (Å²) in [7, 11) is 1.84. The van der Waals surface area contributed by atoms with E-state index in [0.717, 1.165) is 17.7 Å². The second kappa shape index (κ2) is 8.03. The predicted molar refractivity (Wildman–Crippen MR) is 103 cm³/mol. The van der Waals surface area contributed by atoms with Gasteiger partial charge in [-0.15, -0.1) is 0 Å². The molecule has 0 aliphatic carbocycles. The Kier molecular flexibility index (Phi) is 5.77. The van der Waals surface area contributed by atoms with Crippen molar-refractivity contribution in [3.63, 3.8) is 0 Å². The molecule has 0 bridgehead atoms. The molecular weight excluding hydrogens is 332 g/mol. The smallest absolute Gasteiger partial charge is 0.254 e. The van der Waals surface area contributed by atoms with Crippen LogP contribution in [0.2, 0.25) is 5.02 Å². The second-order valence-electron chi connectivity index (χ2n) is 6.83. The van der Waals surface area contributed by atoms with Crippen LogP contribution < -0.4 is 0 Å². The summed E-state index contributed by atoms with van der Waals surface area (Å²) in [6.07, 6.45) is 2.59. The van der Waals surface area contributed by atoms with Crippen molar-refractivity contribution in [1.82, 2.24) is 9.80 Å². The van der Waals surface area contributed by atoms with E-state index in [1.807, 2.05) is 50.4 Å². The van der Waals surface area contributed by atoms with Gasteiger partial charge in [0.25, 0.3) is 5.91 Å². The Morgan fingerprint density at radius 3 is 2.48 bits per heavy atom. The topological polar surface area (TPSA) is 23.6 Å². The van der Waals surface area contributed by atoms with Crippen LogP contribution in [0.15, 0.2) is 48.5 Å². The van der Waals surface area contributed by atoms with E-state index < -0.39 is 0 Å². The summed E-state index contributed by atoms with van der Waals surface area (Å²) in [6, 6.07) is 15.7. The van der Waals surface area contributed by atoms with E-state index in [2.05, 4.69) is 17.0 Å². The number of carbonyl (C=O) groups excluding carboxylic acids is 1. The molecule has 1 aliphatic rings. The van der Waals surface area contributed by atoms with E-state index in [9.17, 15) is 4.79 Å². The standard InChI is InChI=1S/C21H25ClN2O/c1-16(19-6-5-7-20(22)14-19)23(2)21(25)18-10-8-17(9-11-18)15-24-12-3-4-13-24/h5-11,14,16H,3-4,12-13,15H2,1-2H3/t16-/m1/s1. The molecule has 0 aromatic heterocycles. The van der Waals surface area contributed by atoms with Crippen LogP contribution in [-0.2, 0) is 6.54 Å². The van der Waals surface area contributed by atoms with Gasteiger partial charge in [0.2, 0.25) is 0 Å². The maximum Gasteiger partial charge on any atom is 0.254 e. The highest BCUT2D eigenvalue weighted by molar-refractivity contribution is 6.30.